The molecule has 4 aromatic rings. The second-order valence-electron chi connectivity index (χ2n) is 4.25. The quantitative estimate of drug-likeness (QED) is 0.570. The molecule has 4 rings (SSSR count). The van der Waals surface area contributed by atoms with Crippen LogP contribution in [0.3, 0.4) is 0 Å². The van der Waals surface area contributed by atoms with Crippen LogP contribution < -0.4 is 5.32 Å². The Balaban J connectivity index is 1.92. The Kier molecular flexibility index (Phi) is 3.02. The molecule has 21 heavy (non-hydrogen) atoms. The normalized spacial score (nSPS) is 11.3. The van der Waals surface area contributed by atoms with Gasteiger partial charge in [0.15, 0.2) is 11.5 Å². The van der Waals surface area contributed by atoms with Crippen molar-refractivity contribution in [2.75, 3.05) is 5.32 Å². The van der Waals surface area contributed by atoms with Crippen LogP contribution in [0.4, 0.5) is 11.5 Å². The summed E-state index contributed by atoms with van der Waals surface area (Å²) in [5, 5.41) is 3.78. The van der Waals surface area contributed by atoms with E-state index in [2.05, 4.69) is 40.0 Å². The summed E-state index contributed by atoms with van der Waals surface area (Å²) in [6, 6.07) is 3.63. The average molecular weight is 382 g/mol. The van der Waals surface area contributed by atoms with E-state index < -0.39 is 0 Å². The van der Waals surface area contributed by atoms with Gasteiger partial charge in [0.05, 0.1) is 22.4 Å². The van der Waals surface area contributed by atoms with Gasteiger partial charge < -0.3 is 9.72 Å². The Hall–Kier alpha value is -1.77. The summed E-state index contributed by atoms with van der Waals surface area (Å²) in [6.07, 6.45) is 5.39. The Morgan fingerprint density at radius 3 is 3.10 bits per heavy atom. The lowest BCUT2D eigenvalue weighted by Crippen LogP contribution is -2.00. The van der Waals surface area contributed by atoms with Crippen LogP contribution in [-0.2, 0) is 0 Å². The molecule has 6 nitrogen and oxygen atoms in total. The van der Waals surface area contributed by atoms with Crippen molar-refractivity contribution in [3.05, 3.63) is 40.3 Å². The smallest absolute Gasteiger partial charge is 0.180 e. The first-order chi connectivity index (χ1) is 10.2. The number of nitrogens with zero attached hydrogens (tertiary/aromatic N) is 5. The first kappa shape index (κ1) is 12.9. The number of nitrogens with one attached hydrogen (secondary N) is 1. The second kappa shape index (κ2) is 4.90. The zero-order chi connectivity index (χ0) is 14.4. The number of hydrogen-bond acceptors (Lipinski definition) is 6. The molecule has 0 atom stereocenters. The third-order valence-electron chi connectivity index (χ3n) is 2.97. The molecule has 0 bridgehead atoms. The van der Waals surface area contributed by atoms with Crippen molar-refractivity contribution in [2.24, 2.45) is 0 Å². The third-order valence-corrected chi connectivity index (χ3v) is 4.20. The standard InChI is InChI=1S/C12H6BrClN6S/c13-8-5-20-4-3-15-12(20)11(16-8)17-9-6(14)1-2-7-10(9)19-21-18-7/h1-5H,(H,16,17). The lowest BCUT2D eigenvalue weighted by molar-refractivity contribution is 1.10. The van der Waals surface area contributed by atoms with E-state index in [9.17, 15) is 0 Å². The minimum Gasteiger partial charge on any atom is -0.334 e. The molecule has 0 fully saturated rings. The molecule has 0 saturated heterocycles. The minimum absolute atomic E-state index is 0.557. The number of imidazole rings is 1. The first-order valence-electron chi connectivity index (χ1n) is 5.89. The molecule has 104 valence electrons. The lowest BCUT2D eigenvalue weighted by atomic mass is 10.2. The Morgan fingerprint density at radius 2 is 2.19 bits per heavy atom. The number of fused-ring (bicyclic) bond motifs is 2. The summed E-state index contributed by atoms with van der Waals surface area (Å²) in [5.74, 6) is 0.594. The molecule has 0 amide bonds. The van der Waals surface area contributed by atoms with Gasteiger partial charge in [-0.2, -0.15) is 8.75 Å². The van der Waals surface area contributed by atoms with Crippen LogP contribution in [0.2, 0.25) is 5.02 Å². The molecule has 0 aliphatic heterocycles. The summed E-state index contributed by atoms with van der Waals surface area (Å²) in [7, 11) is 0. The van der Waals surface area contributed by atoms with Crippen LogP contribution in [0.5, 0.6) is 0 Å². The molecule has 0 unspecified atom stereocenters. The van der Waals surface area contributed by atoms with E-state index in [4.69, 9.17) is 11.6 Å². The van der Waals surface area contributed by atoms with Crippen molar-refractivity contribution in [1.82, 2.24) is 23.1 Å². The Labute approximate surface area is 136 Å². The van der Waals surface area contributed by atoms with Crippen LogP contribution in [0.1, 0.15) is 0 Å². The van der Waals surface area contributed by atoms with Crippen molar-refractivity contribution < 1.29 is 0 Å². The fourth-order valence-electron chi connectivity index (χ4n) is 2.05. The number of benzene rings is 1. The van der Waals surface area contributed by atoms with Crippen LogP contribution in [0.15, 0.2) is 35.3 Å². The van der Waals surface area contributed by atoms with E-state index in [1.807, 2.05) is 22.9 Å². The van der Waals surface area contributed by atoms with Gasteiger partial charge in [0.2, 0.25) is 0 Å². The molecular weight excluding hydrogens is 376 g/mol. The predicted molar refractivity (Wildman–Crippen MR) is 86.4 cm³/mol. The molecule has 1 aromatic carbocycles. The summed E-state index contributed by atoms with van der Waals surface area (Å²) in [6.45, 7) is 0. The maximum Gasteiger partial charge on any atom is 0.180 e. The minimum atomic E-state index is 0.557. The van der Waals surface area contributed by atoms with Crippen LogP contribution in [-0.4, -0.2) is 23.1 Å². The lowest BCUT2D eigenvalue weighted by Gasteiger charge is -2.09. The maximum absolute atomic E-state index is 6.28. The highest BCUT2D eigenvalue weighted by Crippen LogP contribution is 2.33. The van der Waals surface area contributed by atoms with Crippen LogP contribution in [0.25, 0.3) is 16.7 Å². The number of halogens is 2. The molecule has 9 heteroatoms. The predicted octanol–water partition coefficient (Wildman–Crippen LogP) is 3.89. The molecule has 3 heterocycles. The fraction of sp³-hybridized carbons (Fsp3) is 0. The fourth-order valence-corrected chi connectivity index (χ4v) is 3.19. The van der Waals surface area contributed by atoms with Gasteiger partial charge in [-0.1, -0.05) is 11.6 Å². The van der Waals surface area contributed by atoms with E-state index in [-0.39, 0.29) is 0 Å². The molecule has 0 aliphatic rings. The van der Waals surface area contributed by atoms with Crippen molar-refractivity contribution in [3.8, 4) is 0 Å². The van der Waals surface area contributed by atoms with E-state index in [1.54, 1.807) is 12.3 Å². The van der Waals surface area contributed by atoms with Gasteiger partial charge in [0.1, 0.15) is 15.6 Å². The molecular formula is C12H6BrClN6S. The second-order valence-corrected chi connectivity index (χ2v) is 6.00. The highest BCUT2D eigenvalue weighted by Gasteiger charge is 2.13. The molecule has 1 N–H and O–H groups in total. The topological polar surface area (TPSA) is 68.0 Å². The van der Waals surface area contributed by atoms with Crippen LogP contribution in [0, 0.1) is 0 Å². The van der Waals surface area contributed by atoms with E-state index >= 15 is 0 Å². The van der Waals surface area contributed by atoms with Crippen molar-refractivity contribution >= 4 is 67.4 Å². The zero-order valence-electron chi connectivity index (χ0n) is 10.3. The Morgan fingerprint density at radius 1 is 1.29 bits per heavy atom. The first-order valence-corrected chi connectivity index (χ1v) is 7.79. The highest BCUT2D eigenvalue weighted by atomic mass is 79.9. The van der Waals surface area contributed by atoms with Crippen LogP contribution >= 0.6 is 39.3 Å². The van der Waals surface area contributed by atoms with E-state index in [0.29, 0.717) is 26.8 Å². The zero-order valence-corrected chi connectivity index (χ0v) is 13.4. The Bertz CT molecular complexity index is 965. The van der Waals surface area contributed by atoms with Gasteiger partial charge >= 0.3 is 0 Å². The molecule has 3 aromatic heterocycles. The summed E-state index contributed by atoms with van der Waals surface area (Å²) < 4.78 is 11.1. The van der Waals surface area contributed by atoms with Gasteiger partial charge in [-0.3, -0.25) is 0 Å². The highest BCUT2D eigenvalue weighted by molar-refractivity contribution is 9.10. The number of anilines is 2. The van der Waals surface area contributed by atoms with E-state index in [1.165, 1.54) is 0 Å². The van der Waals surface area contributed by atoms with Crippen molar-refractivity contribution in [2.45, 2.75) is 0 Å². The molecule has 0 radical (unpaired) electrons. The number of aromatic nitrogens is 5. The SMILES string of the molecule is Clc1ccc2nsnc2c1Nc1nc(Br)cn2ccnc12. The van der Waals surface area contributed by atoms with Crippen molar-refractivity contribution in [3.63, 3.8) is 0 Å². The van der Waals surface area contributed by atoms with E-state index in [0.717, 1.165) is 22.8 Å². The van der Waals surface area contributed by atoms with Gasteiger partial charge in [0, 0.05) is 18.6 Å². The maximum atomic E-state index is 6.28. The number of hydrogen-bond donors (Lipinski definition) is 1. The monoisotopic (exact) mass is 380 g/mol. The number of rotatable bonds is 2. The average Bonchev–Trinajstić information content (AvgIpc) is 3.09. The van der Waals surface area contributed by atoms with Gasteiger partial charge in [0.25, 0.3) is 0 Å². The van der Waals surface area contributed by atoms with Gasteiger partial charge in [-0.25, -0.2) is 9.97 Å². The molecule has 0 saturated carbocycles. The van der Waals surface area contributed by atoms with Gasteiger partial charge in [-0.05, 0) is 28.1 Å². The summed E-state index contributed by atoms with van der Waals surface area (Å²) in [4.78, 5) is 8.71. The molecule has 0 aliphatic carbocycles. The van der Waals surface area contributed by atoms with Crippen molar-refractivity contribution in [1.29, 1.82) is 0 Å². The largest absolute Gasteiger partial charge is 0.334 e. The van der Waals surface area contributed by atoms with Gasteiger partial charge in [-0.15, -0.1) is 0 Å². The third kappa shape index (κ3) is 2.15. The summed E-state index contributed by atoms with van der Waals surface area (Å²) >= 11 is 10.8. The summed E-state index contributed by atoms with van der Waals surface area (Å²) in [5.41, 5.74) is 2.90. The molecule has 0 spiro atoms.